The summed E-state index contributed by atoms with van der Waals surface area (Å²) in [6.45, 7) is 4.51. The Kier molecular flexibility index (Phi) is 6.74. The van der Waals surface area contributed by atoms with Crippen molar-refractivity contribution in [2.75, 3.05) is 26.4 Å². The van der Waals surface area contributed by atoms with Gasteiger partial charge in [-0.15, -0.1) is 0 Å². The minimum atomic E-state index is 0.145. The van der Waals surface area contributed by atoms with E-state index in [9.17, 15) is 0 Å². The summed E-state index contributed by atoms with van der Waals surface area (Å²) in [7, 11) is 0. The minimum absolute atomic E-state index is 0.145. The Morgan fingerprint density at radius 2 is 1.64 bits per heavy atom. The highest BCUT2D eigenvalue weighted by Gasteiger charge is 1.98. The summed E-state index contributed by atoms with van der Waals surface area (Å²) in [4.78, 5) is 0. The SMILES string of the molecule is Cc1cccc(OCCOc2cccc(CNCCO)c2)c1. The molecule has 0 aromatic heterocycles. The Bertz CT molecular complexity index is 572. The summed E-state index contributed by atoms with van der Waals surface area (Å²) >= 11 is 0. The minimum Gasteiger partial charge on any atom is -0.490 e. The maximum Gasteiger partial charge on any atom is 0.122 e. The Morgan fingerprint density at radius 3 is 2.32 bits per heavy atom. The molecule has 4 nitrogen and oxygen atoms in total. The van der Waals surface area contributed by atoms with Gasteiger partial charge >= 0.3 is 0 Å². The molecule has 4 heteroatoms. The van der Waals surface area contributed by atoms with Crippen LogP contribution in [0.1, 0.15) is 11.1 Å². The molecule has 2 aromatic rings. The fourth-order valence-corrected chi connectivity index (χ4v) is 2.08. The third kappa shape index (κ3) is 5.76. The molecule has 0 saturated carbocycles. The summed E-state index contributed by atoms with van der Waals surface area (Å²) in [5.74, 6) is 1.70. The second-order valence-electron chi connectivity index (χ2n) is 5.06. The average Bonchev–Trinajstić information content (AvgIpc) is 2.52. The van der Waals surface area contributed by atoms with Crippen molar-refractivity contribution in [2.45, 2.75) is 13.5 Å². The molecule has 2 N–H and O–H groups in total. The van der Waals surface area contributed by atoms with Gasteiger partial charge in [-0.1, -0.05) is 24.3 Å². The number of aryl methyl sites for hydroxylation is 1. The second-order valence-corrected chi connectivity index (χ2v) is 5.06. The van der Waals surface area contributed by atoms with Crippen LogP contribution in [-0.4, -0.2) is 31.5 Å². The molecule has 0 aliphatic carbocycles. The van der Waals surface area contributed by atoms with Crippen LogP contribution in [0.25, 0.3) is 0 Å². The Balaban J connectivity index is 1.73. The smallest absolute Gasteiger partial charge is 0.122 e. The molecule has 0 amide bonds. The molecule has 0 fully saturated rings. The first-order chi connectivity index (χ1) is 10.8. The van der Waals surface area contributed by atoms with Crippen molar-refractivity contribution in [1.82, 2.24) is 5.32 Å². The highest BCUT2D eigenvalue weighted by Crippen LogP contribution is 2.14. The molecule has 2 aromatic carbocycles. The molecule has 0 aliphatic rings. The molecule has 2 rings (SSSR count). The van der Waals surface area contributed by atoms with E-state index in [1.54, 1.807) is 0 Å². The monoisotopic (exact) mass is 301 g/mol. The first kappa shape index (κ1) is 16.3. The van der Waals surface area contributed by atoms with Crippen LogP contribution in [0.4, 0.5) is 0 Å². The molecule has 0 spiro atoms. The van der Waals surface area contributed by atoms with Crippen molar-refractivity contribution < 1.29 is 14.6 Å². The van der Waals surface area contributed by atoms with E-state index in [4.69, 9.17) is 14.6 Å². The first-order valence-corrected chi connectivity index (χ1v) is 7.51. The lowest BCUT2D eigenvalue weighted by Gasteiger charge is -2.10. The molecule has 22 heavy (non-hydrogen) atoms. The van der Waals surface area contributed by atoms with Crippen LogP contribution in [0.3, 0.4) is 0 Å². The van der Waals surface area contributed by atoms with E-state index in [1.165, 1.54) is 5.56 Å². The number of ether oxygens (including phenoxy) is 2. The Labute approximate surface area is 131 Å². The number of aliphatic hydroxyl groups is 1. The molecule has 0 heterocycles. The summed E-state index contributed by atoms with van der Waals surface area (Å²) < 4.78 is 11.4. The van der Waals surface area contributed by atoms with Crippen molar-refractivity contribution in [1.29, 1.82) is 0 Å². The molecular formula is C18H23NO3. The van der Waals surface area contributed by atoms with E-state index >= 15 is 0 Å². The predicted octanol–water partition coefficient (Wildman–Crippen LogP) is 2.53. The molecule has 118 valence electrons. The molecule has 0 bridgehead atoms. The van der Waals surface area contributed by atoms with Crippen LogP contribution >= 0.6 is 0 Å². The fraction of sp³-hybridized carbons (Fsp3) is 0.333. The van der Waals surface area contributed by atoms with Gasteiger partial charge < -0.3 is 19.9 Å². The molecular weight excluding hydrogens is 278 g/mol. The lowest BCUT2D eigenvalue weighted by molar-refractivity contribution is 0.217. The highest BCUT2D eigenvalue weighted by atomic mass is 16.5. The number of rotatable bonds is 9. The van der Waals surface area contributed by atoms with Crippen molar-refractivity contribution in [3.63, 3.8) is 0 Å². The van der Waals surface area contributed by atoms with Crippen LogP contribution in [0.2, 0.25) is 0 Å². The zero-order valence-electron chi connectivity index (χ0n) is 12.9. The van der Waals surface area contributed by atoms with E-state index in [-0.39, 0.29) is 6.61 Å². The second kappa shape index (κ2) is 9.07. The third-order valence-electron chi connectivity index (χ3n) is 3.13. The third-order valence-corrected chi connectivity index (χ3v) is 3.13. The molecule has 0 unspecified atom stereocenters. The van der Waals surface area contributed by atoms with E-state index in [0.717, 1.165) is 23.6 Å². The average molecular weight is 301 g/mol. The van der Waals surface area contributed by atoms with Gasteiger partial charge in [-0.3, -0.25) is 0 Å². The lowest BCUT2D eigenvalue weighted by Crippen LogP contribution is -2.17. The molecule has 0 atom stereocenters. The van der Waals surface area contributed by atoms with Crippen LogP contribution < -0.4 is 14.8 Å². The molecule has 0 aliphatic heterocycles. The predicted molar refractivity (Wildman–Crippen MR) is 87.4 cm³/mol. The van der Waals surface area contributed by atoms with Crippen molar-refractivity contribution >= 4 is 0 Å². The number of hydrogen-bond donors (Lipinski definition) is 2. The summed E-state index contributed by atoms with van der Waals surface area (Å²) in [6, 6.07) is 15.9. The van der Waals surface area contributed by atoms with Crippen LogP contribution in [0.5, 0.6) is 11.5 Å². The van der Waals surface area contributed by atoms with Gasteiger partial charge in [0.2, 0.25) is 0 Å². The number of aliphatic hydroxyl groups excluding tert-OH is 1. The molecule has 0 radical (unpaired) electrons. The quantitative estimate of drug-likeness (QED) is 0.699. The van der Waals surface area contributed by atoms with Crippen molar-refractivity contribution in [3.05, 3.63) is 59.7 Å². The number of nitrogens with one attached hydrogen (secondary N) is 1. The van der Waals surface area contributed by atoms with Gasteiger partial charge in [-0.25, -0.2) is 0 Å². The first-order valence-electron chi connectivity index (χ1n) is 7.51. The van der Waals surface area contributed by atoms with Crippen molar-refractivity contribution in [2.24, 2.45) is 0 Å². The normalized spacial score (nSPS) is 10.5. The summed E-state index contributed by atoms with van der Waals surface area (Å²) in [5, 5.41) is 11.9. The largest absolute Gasteiger partial charge is 0.490 e. The van der Waals surface area contributed by atoms with Crippen molar-refractivity contribution in [3.8, 4) is 11.5 Å². The van der Waals surface area contributed by atoms with E-state index in [1.807, 2.05) is 55.5 Å². The van der Waals surface area contributed by atoms with Gasteiger partial charge in [-0.05, 0) is 42.3 Å². The Hall–Kier alpha value is -2.04. The number of hydrogen-bond acceptors (Lipinski definition) is 4. The van der Waals surface area contributed by atoms with Crippen LogP contribution in [0, 0.1) is 6.92 Å². The summed E-state index contributed by atoms with van der Waals surface area (Å²) in [5.41, 5.74) is 2.31. The summed E-state index contributed by atoms with van der Waals surface area (Å²) in [6.07, 6.45) is 0. The van der Waals surface area contributed by atoms with Gasteiger partial charge in [0.05, 0.1) is 6.61 Å². The topological polar surface area (TPSA) is 50.7 Å². The van der Waals surface area contributed by atoms with E-state index in [2.05, 4.69) is 5.32 Å². The standard InChI is InChI=1S/C18H23NO3/c1-15-4-2-6-17(12-15)21-10-11-22-18-7-3-5-16(13-18)14-19-8-9-20/h2-7,12-13,19-20H,8-11,14H2,1H3. The lowest BCUT2D eigenvalue weighted by atomic mass is 10.2. The fourth-order valence-electron chi connectivity index (χ4n) is 2.08. The van der Waals surface area contributed by atoms with Gasteiger partial charge in [0.1, 0.15) is 24.7 Å². The highest BCUT2D eigenvalue weighted by molar-refractivity contribution is 5.29. The van der Waals surface area contributed by atoms with Gasteiger partial charge in [0.25, 0.3) is 0 Å². The zero-order chi connectivity index (χ0) is 15.6. The maximum atomic E-state index is 8.75. The Morgan fingerprint density at radius 1 is 0.955 bits per heavy atom. The maximum absolute atomic E-state index is 8.75. The number of benzene rings is 2. The van der Waals surface area contributed by atoms with E-state index < -0.39 is 0 Å². The van der Waals surface area contributed by atoms with Gasteiger partial charge in [0.15, 0.2) is 0 Å². The van der Waals surface area contributed by atoms with E-state index in [0.29, 0.717) is 19.8 Å². The zero-order valence-corrected chi connectivity index (χ0v) is 12.9. The molecule has 0 saturated heterocycles. The van der Waals surface area contributed by atoms with Crippen LogP contribution in [-0.2, 0) is 6.54 Å². The van der Waals surface area contributed by atoms with Gasteiger partial charge in [-0.2, -0.15) is 0 Å². The van der Waals surface area contributed by atoms with Crippen LogP contribution in [0.15, 0.2) is 48.5 Å². The van der Waals surface area contributed by atoms with Gasteiger partial charge in [0, 0.05) is 13.1 Å².